The van der Waals surface area contributed by atoms with Gasteiger partial charge in [-0.3, -0.25) is 0 Å². The molecule has 0 saturated heterocycles. The Labute approximate surface area is 149 Å². The predicted molar refractivity (Wildman–Crippen MR) is 105 cm³/mol. The van der Waals surface area contributed by atoms with Gasteiger partial charge in [0.1, 0.15) is 5.75 Å². The van der Waals surface area contributed by atoms with Crippen molar-refractivity contribution in [2.75, 3.05) is 33.8 Å². The smallest absolute Gasteiger partial charge is 0.119 e. The summed E-state index contributed by atoms with van der Waals surface area (Å²) in [4.78, 5) is 2.27. The Morgan fingerprint density at radius 3 is 2.42 bits per heavy atom. The molecule has 0 aliphatic carbocycles. The van der Waals surface area contributed by atoms with Gasteiger partial charge in [-0.25, -0.2) is 0 Å². The van der Waals surface area contributed by atoms with Crippen LogP contribution in [0.1, 0.15) is 52.0 Å². The van der Waals surface area contributed by atoms with E-state index in [0.29, 0.717) is 36.8 Å². The van der Waals surface area contributed by atoms with Crippen molar-refractivity contribution in [3.05, 3.63) is 29.8 Å². The predicted octanol–water partition coefficient (Wildman–Crippen LogP) is 4.38. The maximum Gasteiger partial charge on any atom is 0.119 e. The Kier molecular flexibility index (Phi) is 9.38. The van der Waals surface area contributed by atoms with Crippen LogP contribution in [0.15, 0.2) is 24.3 Å². The van der Waals surface area contributed by atoms with E-state index in [0.717, 1.165) is 25.1 Å². The zero-order valence-corrected chi connectivity index (χ0v) is 16.6. The summed E-state index contributed by atoms with van der Waals surface area (Å²) >= 11 is 0. The summed E-state index contributed by atoms with van der Waals surface area (Å²) in [5, 5.41) is 0. The molecule has 0 aliphatic rings. The zero-order valence-electron chi connectivity index (χ0n) is 16.6. The first-order chi connectivity index (χ1) is 11.4. The molecule has 3 atom stereocenters. The molecule has 0 radical (unpaired) electrons. The van der Waals surface area contributed by atoms with Gasteiger partial charge in [0, 0.05) is 12.5 Å². The fourth-order valence-electron chi connectivity index (χ4n) is 3.62. The van der Waals surface area contributed by atoms with Gasteiger partial charge < -0.3 is 15.4 Å². The summed E-state index contributed by atoms with van der Waals surface area (Å²) in [6.45, 7) is 11.6. The van der Waals surface area contributed by atoms with Crippen LogP contribution < -0.4 is 10.5 Å². The summed E-state index contributed by atoms with van der Waals surface area (Å²) < 4.78 is 6.07. The molecule has 0 spiro atoms. The molecule has 0 amide bonds. The zero-order chi connectivity index (χ0) is 18.1. The highest BCUT2D eigenvalue weighted by Crippen LogP contribution is 2.30. The van der Waals surface area contributed by atoms with E-state index in [1.165, 1.54) is 5.56 Å². The van der Waals surface area contributed by atoms with E-state index in [2.05, 4.69) is 71.0 Å². The van der Waals surface area contributed by atoms with Crippen LogP contribution in [0.5, 0.6) is 5.75 Å². The Morgan fingerprint density at radius 2 is 1.88 bits per heavy atom. The summed E-state index contributed by atoms with van der Waals surface area (Å²) in [5.41, 5.74) is 7.27. The van der Waals surface area contributed by atoms with Gasteiger partial charge in [-0.05, 0) is 68.9 Å². The molecular weight excluding hydrogens is 296 g/mol. The van der Waals surface area contributed by atoms with Crippen LogP contribution in [0.2, 0.25) is 0 Å². The molecule has 0 aliphatic heterocycles. The normalized spacial score (nSPS) is 15.5. The lowest BCUT2D eigenvalue weighted by molar-refractivity contribution is 0.230. The number of nitrogens with two attached hydrogens (primary N) is 1. The fraction of sp³-hybridized carbons (Fsp3) is 0.714. The highest BCUT2D eigenvalue weighted by molar-refractivity contribution is 5.31. The van der Waals surface area contributed by atoms with Crippen molar-refractivity contribution >= 4 is 0 Å². The lowest BCUT2D eigenvalue weighted by Crippen LogP contribution is -2.24. The minimum Gasteiger partial charge on any atom is -0.493 e. The fourth-order valence-corrected chi connectivity index (χ4v) is 3.62. The monoisotopic (exact) mass is 334 g/mol. The molecule has 138 valence electrons. The number of benzene rings is 1. The molecule has 1 aromatic rings. The molecule has 0 heterocycles. The average Bonchev–Trinajstić information content (AvgIpc) is 2.51. The number of hydrogen-bond donors (Lipinski definition) is 1. The van der Waals surface area contributed by atoms with E-state index < -0.39 is 0 Å². The maximum absolute atomic E-state index is 6.07. The second-order valence-corrected chi connectivity index (χ2v) is 7.87. The summed E-state index contributed by atoms with van der Waals surface area (Å²) in [6.07, 6.45) is 2.27. The van der Waals surface area contributed by atoms with Crippen LogP contribution in [0, 0.1) is 17.8 Å². The van der Waals surface area contributed by atoms with Gasteiger partial charge in [-0.2, -0.15) is 0 Å². The second-order valence-electron chi connectivity index (χ2n) is 7.87. The SMILES string of the molecule is CC[C@@H](c1cccc(OCC(CN)CC(C)C)c1)[C@@H](C)CN(C)C. The number of nitrogens with zero attached hydrogens (tertiary/aromatic N) is 1. The topological polar surface area (TPSA) is 38.5 Å². The lowest BCUT2D eigenvalue weighted by atomic mass is 9.85. The van der Waals surface area contributed by atoms with Crippen molar-refractivity contribution in [2.24, 2.45) is 23.5 Å². The van der Waals surface area contributed by atoms with Crippen molar-refractivity contribution in [3.8, 4) is 5.75 Å². The molecule has 0 bridgehead atoms. The van der Waals surface area contributed by atoms with Crippen LogP contribution in [0.25, 0.3) is 0 Å². The van der Waals surface area contributed by atoms with Gasteiger partial charge in [-0.1, -0.05) is 39.8 Å². The van der Waals surface area contributed by atoms with Crippen LogP contribution in [-0.2, 0) is 0 Å². The Morgan fingerprint density at radius 1 is 1.17 bits per heavy atom. The molecule has 0 aromatic heterocycles. The van der Waals surface area contributed by atoms with E-state index in [1.54, 1.807) is 0 Å². The van der Waals surface area contributed by atoms with Crippen molar-refractivity contribution in [1.29, 1.82) is 0 Å². The summed E-state index contributed by atoms with van der Waals surface area (Å²) in [7, 11) is 4.29. The first-order valence-electron chi connectivity index (χ1n) is 9.44. The summed E-state index contributed by atoms with van der Waals surface area (Å²) in [5.74, 6) is 3.26. The third-order valence-electron chi connectivity index (χ3n) is 4.69. The van der Waals surface area contributed by atoms with Gasteiger partial charge in [0.25, 0.3) is 0 Å². The van der Waals surface area contributed by atoms with Crippen molar-refractivity contribution in [1.82, 2.24) is 4.90 Å². The number of ether oxygens (including phenoxy) is 1. The number of hydrogen-bond acceptors (Lipinski definition) is 3. The first-order valence-corrected chi connectivity index (χ1v) is 9.44. The van der Waals surface area contributed by atoms with Gasteiger partial charge in [0.2, 0.25) is 0 Å². The minimum absolute atomic E-state index is 0.434. The number of rotatable bonds is 11. The highest BCUT2D eigenvalue weighted by Gasteiger charge is 2.19. The molecule has 2 N–H and O–H groups in total. The maximum atomic E-state index is 6.07. The van der Waals surface area contributed by atoms with E-state index in [1.807, 2.05) is 0 Å². The third kappa shape index (κ3) is 7.23. The van der Waals surface area contributed by atoms with Gasteiger partial charge in [0.15, 0.2) is 0 Å². The molecule has 1 rings (SSSR count). The quantitative estimate of drug-likeness (QED) is 0.653. The highest BCUT2D eigenvalue weighted by atomic mass is 16.5. The van der Waals surface area contributed by atoms with E-state index in [4.69, 9.17) is 10.5 Å². The third-order valence-corrected chi connectivity index (χ3v) is 4.69. The lowest BCUT2D eigenvalue weighted by Gasteiger charge is -2.26. The molecule has 0 fully saturated rings. The van der Waals surface area contributed by atoms with E-state index in [-0.39, 0.29) is 0 Å². The van der Waals surface area contributed by atoms with Crippen LogP contribution in [0.4, 0.5) is 0 Å². The molecular formula is C21H38N2O. The van der Waals surface area contributed by atoms with Gasteiger partial charge in [-0.15, -0.1) is 0 Å². The molecule has 1 unspecified atom stereocenters. The van der Waals surface area contributed by atoms with Gasteiger partial charge >= 0.3 is 0 Å². The largest absolute Gasteiger partial charge is 0.493 e. The van der Waals surface area contributed by atoms with Crippen LogP contribution in [-0.4, -0.2) is 38.7 Å². The standard InChI is InChI=1S/C21H38N2O/c1-7-21(17(4)14-23(5)6)19-9-8-10-20(12-19)24-15-18(13-22)11-16(2)3/h8-10,12,16-18,21H,7,11,13-15,22H2,1-6H3/t17-,18?,21+/m0/s1. The molecule has 3 nitrogen and oxygen atoms in total. The van der Waals surface area contributed by atoms with Crippen LogP contribution in [0.3, 0.4) is 0 Å². The molecule has 24 heavy (non-hydrogen) atoms. The van der Waals surface area contributed by atoms with E-state index in [9.17, 15) is 0 Å². The first kappa shape index (κ1) is 21.0. The van der Waals surface area contributed by atoms with Gasteiger partial charge in [0.05, 0.1) is 6.61 Å². The second kappa shape index (κ2) is 10.7. The minimum atomic E-state index is 0.434. The van der Waals surface area contributed by atoms with Crippen LogP contribution >= 0.6 is 0 Å². The average molecular weight is 335 g/mol. The van der Waals surface area contributed by atoms with Crippen molar-refractivity contribution < 1.29 is 4.74 Å². The Bertz CT molecular complexity index is 459. The Hall–Kier alpha value is -1.06. The van der Waals surface area contributed by atoms with E-state index >= 15 is 0 Å². The molecule has 3 heteroatoms. The van der Waals surface area contributed by atoms with Crippen molar-refractivity contribution in [3.63, 3.8) is 0 Å². The summed E-state index contributed by atoms with van der Waals surface area (Å²) in [6, 6.07) is 8.65. The Balaban J connectivity index is 2.74. The molecule has 0 saturated carbocycles. The molecule has 1 aromatic carbocycles. The van der Waals surface area contributed by atoms with Crippen molar-refractivity contribution in [2.45, 2.75) is 46.5 Å².